The molecule has 0 aromatic rings. The molecule has 21 heavy (non-hydrogen) atoms. The van der Waals surface area contributed by atoms with Gasteiger partial charge in [-0.2, -0.15) is 0 Å². The van der Waals surface area contributed by atoms with E-state index in [2.05, 4.69) is 19.2 Å². The van der Waals surface area contributed by atoms with Gasteiger partial charge in [-0.3, -0.25) is 4.79 Å². The summed E-state index contributed by atoms with van der Waals surface area (Å²) in [7, 11) is -1.76. The van der Waals surface area contributed by atoms with Crippen molar-refractivity contribution in [1.82, 2.24) is 9.62 Å². The zero-order valence-corrected chi connectivity index (χ0v) is 14.1. The molecule has 0 spiro atoms. The Morgan fingerprint density at radius 1 is 1.33 bits per heavy atom. The SMILES string of the molecule is COCCS(=O)(=O)N1CCC(C(=O)NCCC(C)C)CC1. The number of methoxy groups -OCH3 is 1. The number of rotatable bonds is 8. The highest BCUT2D eigenvalue weighted by Gasteiger charge is 2.30. The summed E-state index contributed by atoms with van der Waals surface area (Å²) in [6.07, 6.45) is 2.16. The van der Waals surface area contributed by atoms with Crippen LogP contribution in [0.5, 0.6) is 0 Å². The second-order valence-corrected chi connectivity index (χ2v) is 8.04. The minimum absolute atomic E-state index is 0.00868. The molecule has 0 aromatic carbocycles. The molecular weight excluding hydrogens is 292 g/mol. The van der Waals surface area contributed by atoms with Gasteiger partial charge in [0.05, 0.1) is 12.4 Å². The van der Waals surface area contributed by atoms with Gasteiger partial charge in [0, 0.05) is 32.7 Å². The lowest BCUT2D eigenvalue weighted by Crippen LogP contribution is -2.44. The molecule has 1 heterocycles. The quantitative estimate of drug-likeness (QED) is 0.719. The molecule has 7 heteroatoms. The van der Waals surface area contributed by atoms with Crippen molar-refractivity contribution in [2.45, 2.75) is 33.1 Å². The topological polar surface area (TPSA) is 75.7 Å². The van der Waals surface area contributed by atoms with Crippen LogP contribution in [0.1, 0.15) is 33.1 Å². The number of amides is 1. The van der Waals surface area contributed by atoms with Gasteiger partial charge in [-0.05, 0) is 25.2 Å². The highest BCUT2D eigenvalue weighted by Crippen LogP contribution is 2.20. The molecule has 1 amide bonds. The molecule has 0 atom stereocenters. The van der Waals surface area contributed by atoms with Crippen molar-refractivity contribution >= 4 is 15.9 Å². The van der Waals surface area contributed by atoms with Crippen LogP contribution < -0.4 is 5.32 Å². The molecule has 0 unspecified atom stereocenters. The van der Waals surface area contributed by atoms with Gasteiger partial charge in [-0.25, -0.2) is 12.7 Å². The van der Waals surface area contributed by atoms with E-state index in [0.717, 1.165) is 6.42 Å². The minimum atomic E-state index is -3.25. The molecular formula is C14H28N2O4S. The number of carbonyl (C=O) groups is 1. The molecule has 1 aliphatic heterocycles. The van der Waals surface area contributed by atoms with Crippen molar-refractivity contribution in [3.8, 4) is 0 Å². The van der Waals surface area contributed by atoms with Crippen LogP contribution in [0, 0.1) is 11.8 Å². The van der Waals surface area contributed by atoms with Crippen LogP contribution >= 0.6 is 0 Å². The van der Waals surface area contributed by atoms with E-state index >= 15 is 0 Å². The number of hydrogen-bond donors (Lipinski definition) is 1. The predicted octanol–water partition coefficient (Wildman–Crippen LogP) is 0.837. The average Bonchev–Trinajstić information content (AvgIpc) is 2.45. The molecule has 6 nitrogen and oxygen atoms in total. The number of carbonyl (C=O) groups excluding carboxylic acids is 1. The van der Waals surface area contributed by atoms with Crippen molar-refractivity contribution in [2.24, 2.45) is 11.8 Å². The molecule has 1 rings (SSSR count). The summed E-state index contributed by atoms with van der Waals surface area (Å²) < 4.78 is 30.3. The molecule has 0 radical (unpaired) electrons. The molecule has 0 bridgehead atoms. The van der Waals surface area contributed by atoms with Gasteiger partial charge in [0.15, 0.2) is 0 Å². The van der Waals surface area contributed by atoms with Crippen molar-refractivity contribution in [3.63, 3.8) is 0 Å². The summed E-state index contributed by atoms with van der Waals surface area (Å²) in [5.41, 5.74) is 0. The normalized spacial score (nSPS) is 18.1. The summed E-state index contributed by atoms with van der Waals surface area (Å²) in [5.74, 6) is 0.572. The number of nitrogens with one attached hydrogen (secondary N) is 1. The highest BCUT2D eigenvalue weighted by atomic mass is 32.2. The number of nitrogens with zero attached hydrogens (tertiary/aromatic N) is 1. The Hall–Kier alpha value is -0.660. The Labute approximate surface area is 128 Å². The van der Waals surface area contributed by atoms with Crippen molar-refractivity contribution < 1.29 is 17.9 Å². The van der Waals surface area contributed by atoms with Gasteiger partial charge in [0.2, 0.25) is 15.9 Å². The van der Waals surface area contributed by atoms with Gasteiger partial charge in [-0.15, -0.1) is 0 Å². The van der Waals surface area contributed by atoms with Crippen molar-refractivity contribution in [3.05, 3.63) is 0 Å². The van der Waals surface area contributed by atoms with E-state index in [9.17, 15) is 13.2 Å². The van der Waals surface area contributed by atoms with E-state index in [1.165, 1.54) is 11.4 Å². The van der Waals surface area contributed by atoms with E-state index in [1.807, 2.05) is 0 Å². The molecule has 0 aromatic heterocycles. The van der Waals surface area contributed by atoms with E-state index in [0.29, 0.717) is 38.4 Å². The summed E-state index contributed by atoms with van der Waals surface area (Å²) >= 11 is 0. The monoisotopic (exact) mass is 320 g/mol. The Bertz CT molecular complexity index is 415. The lowest BCUT2D eigenvalue weighted by Gasteiger charge is -2.30. The summed E-state index contributed by atoms with van der Waals surface area (Å²) in [6, 6.07) is 0. The van der Waals surface area contributed by atoms with Gasteiger partial charge >= 0.3 is 0 Å². The van der Waals surface area contributed by atoms with E-state index in [1.54, 1.807) is 0 Å². The van der Waals surface area contributed by atoms with E-state index in [4.69, 9.17) is 4.74 Å². The number of sulfonamides is 1. The minimum Gasteiger partial charge on any atom is -0.384 e. The fraction of sp³-hybridized carbons (Fsp3) is 0.929. The third kappa shape index (κ3) is 6.32. The number of ether oxygens (including phenoxy) is 1. The predicted molar refractivity (Wildman–Crippen MR) is 82.4 cm³/mol. The Kier molecular flexibility index (Phi) is 7.62. The van der Waals surface area contributed by atoms with Crippen LogP contribution in [-0.4, -0.2) is 57.7 Å². The van der Waals surface area contributed by atoms with Gasteiger partial charge in [0.25, 0.3) is 0 Å². The third-order valence-corrected chi connectivity index (χ3v) is 5.62. The van der Waals surface area contributed by atoms with Crippen LogP contribution in [0.2, 0.25) is 0 Å². The number of hydrogen-bond acceptors (Lipinski definition) is 4. The van der Waals surface area contributed by atoms with Gasteiger partial charge in [0.1, 0.15) is 0 Å². The molecule has 0 saturated carbocycles. The molecule has 1 aliphatic rings. The Balaban J connectivity index is 2.36. The Morgan fingerprint density at radius 2 is 1.95 bits per heavy atom. The van der Waals surface area contributed by atoms with Crippen LogP contribution in [0.4, 0.5) is 0 Å². The van der Waals surface area contributed by atoms with Crippen LogP contribution in [-0.2, 0) is 19.6 Å². The van der Waals surface area contributed by atoms with Gasteiger partial charge in [-0.1, -0.05) is 13.8 Å². The highest BCUT2D eigenvalue weighted by molar-refractivity contribution is 7.89. The largest absolute Gasteiger partial charge is 0.384 e. The smallest absolute Gasteiger partial charge is 0.223 e. The first-order valence-corrected chi connectivity index (χ1v) is 9.22. The maximum Gasteiger partial charge on any atom is 0.223 e. The maximum absolute atomic E-state index is 12.0. The summed E-state index contributed by atoms with van der Waals surface area (Å²) in [6.45, 7) is 5.99. The maximum atomic E-state index is 12.0. The second kappa shape index (κ2) is 8.70. The summed E-state index contributed by atoms with van der Waals surface area (Å²) in [4.78, 5) is 12.0. The molecule has 0 aliphatic carbocycles. The zero-order valence-electron chi connectivity index (χ0n) is 13.3. The van der Waals surface area contributed by atoms with Gasteiger partial charge < -0.3 is 10.1 Å². The Morgan fingerprint density at radius 3 is 2.48 bits per heavy atom. The van der Waals surface area contributed by atoms with Crippen LogP contribution in [0.25, 0.3) is 0 Å². The van der Waals surface area contributed by atoms with E-state index in [-0.39, 0.29) is 24.2 Å². The summed E-state index contributed by atoms with van der Waals surface area (Å²) in [5, 5.41) is 2.94. The fourth-order valence-corrected chi connectivity index (χ4v) is 3.74. The molecule has 124 valence electrons. The average molecular weight is 320 g/mol. The molecule has 1 fully saturated rings. The lowest BCUT2D eigenvalue weighted by molar-refractivity contribution is -0.126. The first-order chi connectivity index (χ1) is 9.86. The van der Waals surface area contributed by atoms with Crippen LogP contribution in [0.15, 0.2) is 0 Å². The van der Waals surface area contributed by atoms with Crippen LogP contribution in [0.3, 0.4) is 0 Å². The lowest BCUT2D eigenvalue weighted by atomic mass is 9.97. The van der Waals surface area contributed by atoms with E-state index < -0.39 is 10.0 Å². The first kappa shape index (κ1) is 18.4. The third-order valence-electron chi connectivity index (χ3n) is 3.78. The van der Waals surface area contributed by atoms with Crippen molar-refractivity contribution in [2.75, 3.05) is 39.1 Å². The fourth-order valence-electron chi connectivity index (χ4n) is 2.34. The molecule has 1 N–H and O–H groups in total. The number of piperidine rings is 1. The first-order valence-electron chi connectivity index (χ1n) is 7.61. The standard InChI is InChI=1S/C14H28N2O4S/c1-12(2)4-7-15-14(17)13-5-8-16(9-6-13)21(18,19)11-10-20-3/h12-13H,4-11H2,1-3H3,(H,15,17). The molecule has 1 saturated heterocycles. The van der Waals surface area contributed by atoms with Crippen molar-refractivity contribution in [1.29, 1.82) is 0 Å². The second-order valence-electron chi connectivity index (χ2n) is 5.96. The zero-order chi connectivity index (χ0) is 15.9.